The molecule has 0 bridgehead atoms. The Morgan fingerprint density at radius 1 is 1.23 bits per heavy atom. The van der Waals surface area contributed by atoms with Gasteiger partial charge in [-0.15, -0.1) is 17.0 Å². The first-order valence-corrected chi connectivity index (χ1v) is 6.77. The third-order valence-electron chi connectivity index (χ3n) is 2.80. The molecule has 1 aromatic carbocycles. The molecule has 0 saturated carbocycles. The van der Waals surface area contributed by atoms with Crippen molar-refractivity contribution in [3.63, 3.8) is 0 Å². The minimum Gasteiger partial charge on any atom is -0.384 e. The monoisotopic (exact) mass is 438 g/mol. The van der Waals surface area contributed by atoms with Crippen LogP contribution >= 0.6 is 32.9 Å². The van der Waals surface area contributed by atoms with Crippen LogP contribution in [0.25, 0.3) is 0 Å². The molecule has 0 aliphatic carbocycles. The van der Waals surface area contributed by atoms with E-state index in [2.05, 4.69) is 20.9 Å². The van der Waals surface area contributed by atoms with Gasteiger partial charge in [0, 0.05) is 11.8 Å². The van der Waals surface area contributed by atoms with E-state index < -0.39 is 22.4 Å². The Balaban J connectivity index is 0.00000242. The summed E-state index contributed by atoms with van der Waals surface area (Å²) >= 11 is 3.18. The number of halogens is 5. The molecular weight excluding hydrogens is 429 g/mol. The van der Waals surface area contributed by atoms with Crippen molar-refractivity contribution in [1.82, 2.24) is 4.98 Å². The van der Waals surface area contributed by atoms with E-state index in [0.29, 0.717) is 5.56 Å². The maximum atomic E-state index is 12.7. The highest BCUT2D eigenvalue weighted by Gasteiger charge is 2.31. The first-order chi connectivity index (χ1) is 9.79. The number of alkyl halides is 4. The van der Waals surface area contributed by atoms with E-state index >= 15 is 0 Å². The van der Waals surface area contributed by atoms with Crippen molar-refractivity contribution >= 4 is 44.5 Å². The Morgan fingerprint density at radius 2 is 1.91 bits per heavy atom. The lowest BCUT2D eigenvalue weighted by atomic mass is 10.0. The van der Waals surface area contributed by atoms with Gasteiger partial charge in [0.25, 0.3) is 0 Å². The van der Waals surface area contributed by atoms with Gasteiger partial charge < -0.3 is 5.73 Å². The fraction of sp³-hybridized carbons (Fsp3) is 0.143. The molecule has 1 aromatic heterocycles. The lowest BCUT2D eigenvalue weighted by molar-refractivity contribution is -0.137. The Bertz CT molecular complexity index is 677. The van der Waals surface area contributed by atoms with E-state index in [1.54, 1.807) is 6.07 Å². The van der Waals surface area contributed by atoms with E-state index in [0.717, 1.165) is 12.1 Å². The third-order valence-corrected chi connectivity index (χ3v) is 3.75. The zero-order chi connectivity index (χ0) is 15.6. The van der Waals surface area contributed by atoms with Gasteiger partial charge in [-0.3, -0.25) is 4.79 Å². The molecule has 3 nitrogen and oxygen atoms in total. The molecule has 8 heteroatoms. The van der Waals surface area contributed by atoms with Crippen molar-refractivity contribution in [3.8, 4) is 0 Å². The molecule has 2 N–H and O–H groups in total. The maximum Gasteiger partial charge on any atom is 0.416 e. The van der Waals surface area contributed by atoms with E-state index in [-0.39, 0.29) is 28.4 Å². The summed E-state index contributed by atoms with van der Waals surface area (Å²) in [5.74, 6) is -0.250. The summed E-state index contributed by atoms with van der Waals surface area (Å²) in [6, 6.07) is 7.37. The number of rotatable bonds is 3. The van der Waals surface area contributed by atoms with Gasteiger partial charge in [-0.2, -0.15) is 13.2 Å². The minimum absolute atomic E-state index is 0. The third kappa shape index (κ3) is 4.30. The molecule has 0 radical (unpaired) electrons. The van der Waals surface area contributed by atoms with Gasteiger partial charge in [-0.05, 0) is 29.8 Å². The van der Waals surface area contributed by atoms with Crippen molar-refractivity contribution in [2.24, 2.45) is 0 Å². The Morgan fingerprint density at radius 3 is 2.50 bits per heavy atom. The van der Waals surface area contributed by atoms with Crippen LogP contribution in [0.5, 0.6) is 0 Å². The molecule has 1 unspecified atom stereocenters. The van der Waals surface area contributed by atoms with Crippen LogP contribution in [0.1, 0.15) is 26.3 Å². The zero-order valence-electron chi connectivity index (χ0n) is 11.0. The van der Waals surface area contributed by atoms with E-state index in [1.165, 1.54) is 24.4 Å². The van der Waals surface area contributed by atoms with E-state index in [9.17, 15) is 18.0 Å². The molecule has 2 aromatic rings. The van der Waals surface area contributed by atoms with Crippen LogP contribution in [-0.4, -0.2) is 10.8 Å². The number of hydrogen-bond donors (Lipinski definition) is 1. The topological polar surface area (TPSA) is 56.0 Å². The molecule has 2 rings (SSSR count). The number of nitrogen functional groups attached to an aromatic ring is 1. The highest BCUT2D eigenvalue weighted by Crippen LogP contribution is 2.32. The van der Waals surface area contributed by atoms with Crippen LogP contribution in [0.15, 0.2) is 42.6 Å². The number of Topliss-reactive ketones (excluding diaryl/α,β-unsaturated/α-hetero) is 1. The molecule has 0 aliphatic heterocycles. The Labute approximate surface area is 143 Å². The standard InChI is InChI=1S/C14H10BrF3N2O.BrH/c15-12(8-4-5-20-11(19)7-8)13(21)9-2-1-3-10(6-9)14(16,17)18;/h1-7,12H,(H2,19,20);1H. The van der Waals surface area contributed by atoms with Gasteiger partial charge in [-0.25, -0.2) is 4.98 Å². The molecule has 1 atom stereocenters. The number of hydrogen-bond acceptors (Lipinski definition) is 3. The van der Waals surface area contributed by atoms with E-state index in [1.807, 2.05) is 0 Å². The molecule has 0 fully saturated rings. The number of nitrogens with zero attached hydrogens (tertiary/aromatic N) is 1. The molecule has 0 spiro atoms. The quantitative estimate of drug-likeness (QED) is 0.562. The first-order valence-electron chi connectivity index (χ1n) is 5.86. The van der Waals surface area contributed by atoms with Crippen molar-refractivity contribution < 1.29 is 18.0 Å². The number of ketones is 1. The lowest BCUT2D eigenvalue weighted by Crippen LogP contribution is -2.11. The average Bonchev–Trinajstić information content (AvgIpc) is 2.45. The number of carbonyl (C=O) groups excluding carboxylic acids is 1. The van der Waals surface area contributed by atoms with Crippen molar-refractivity contribution in [3.05, 3.63) is 59.3 Å². The first kappa shape index (κ1) is 18.6. The zero-order valence-corrected chi connectivity index (χ0v) is 14.3. The number of anilines is 1. The number of aromatic nitrogens is 1. The number of carbonyl (C=O) groups is 1. The predicted molar refractivity (Wildman–Crippen MR) is 86.4 cm³/mol. The largest absolute Gasteiger partial charge is 0.416 e. The lowest BCUT2D eigenvalue weighted by Gasteiger charge is -2.12. The summed E-state index contributed by atoms with van der Waals surface area (Å²) in [5, 5.41) is 0. The van der Waals surface area contributed by atoms with Crippen molar-refractivity contribution in [1.29, 1.82) is 0 Å². The summed E-state index contributed by atoms with van der Waals surface area (Å²) in [7, 11) is 0. The van der Waals surface area contributed by atoms with Crippen molar-refractivity contribution in [2.75, 3.05) is 5.73 Å². The molecule has 118 valence electrons. The molecule has 0 aliphatic rings. The highest BCUT2D eigenvalue weighted by molar-refractivity contribution is 9.09. The highest BCUT2D eigenvalue weighted by atomic mass is 79.9. The van der Waals surface area contributed by atoms with Crippen molar-refractivity contribution in [2.45, 2.75) is 11.0 Å². The fourth-order valence-corrected chi connectivity index (χ4v) is 2.32. The second-order valence-corrected chi connectivity index (χ2v) is 5.24. The average molecular weight is 440 g/mol. The number of benzene rings is 1. The van der Waals surface area contributed by atoms with Gasteiger partial charge in [0.2, 0.25) is 0 Å². The maximum absolute atomic E-state index is 12.7. The normalized spacial score (nSPS) is 12.4. The van der Waals surface area contributed by atoms with Crippen LogP contribution in [0.3, 0.4) is 0 Å². The van der Waals surface area contributed by atoms with Gasteiger partial charge in [-0.1, -0.05) is 28.1 Å². The molecule has 1 heterocycles. The Kier molecular flexibility index (Phi) is 6.13. The van der Waals surface area contributed by atoms with Gasteiger partial charge in [0.05, 0.1) is 5.56 Å². The second-order valence-electron chi connectivity index (χ2n) is 4.32. The summed E-state index contributed by atoms with van der Waals surface area (Å²) < 4.78 is 38.0. The van der Waals surface area contributed by atoms with Crippen LogP contribution in [-0.2, 0) is 6.18 Å². The number of nitrogens with two attached hydrogens (primary N) is 1. The van der Waals surface area contributed by atoms with E-state index in [4.69, 9.17) is 5.73 Å². The second kappa shape index (κ2) is 7.23. The van der Waals surface area contributed by atoms with Crippen LogP contribution in [0, 0.1) is 0 Å². The van der Waals surface area contributed by atoms with Gasteiger partial charge in [0.1, 0.15) is 10.6 Å². The summed E-state index contributed by atoms with van der Waals surface area (Å²) in [6.07, 6.45) is -3.06. The smallest absolute Gasteiger partial charge is 0.384 e. The van der Waals surface area contributed by atoms with Gasteiger partial charge >= 0.3 is 6.18 Å². The summed E-state index contributed by atoms with van der Waals surface area (Å²) in [5.41, 5.74) is 5.17. The Hall–Kier alpha value is -1.41. The summed E-state index contributed by atoms with van der Waals surface area (Å²) in [6.45, 7) is 0. The van der Waals surface area contributed by atoms with Crippen LogP contribution < -0.4 is 5.73 Å². The fourth-order valence-electron chi connectivity index (χ4n) is 1.77. The minimum atomic E-state index is -4.49. The SMILES string of the molecule is Br.Nc1cc(C(Br)C(=O)c2cccc(C(F)(F)F)c2)ccn1. The molecule has 0 saturated heterocycles. The molecular formula is C14H11Br2F3N2O. The summed E-state index contributed by atoms with van der Waals surface area (Å²) in [4.78, 5) is 15.3. The van der Waals surface area contributed by atoms with Gasteiger partial charge in [0.15, 0.2) is 5.78 Å². The predicted octanol–water partition coefficient (Wildman–Crippen LogP) is 4.58. The van der Waals surface area contributed by atoms with Crippen LogP contribution in [0.4, 0.5) is 19.0 Å². The molecule has 0 amide bonds. The van der Waals surface area contributed by atoms with Crippen LogP contribution in [0.2, 0.25) is 0 Å². The number of pyridine rings is 1. The molecule has 22 heavy (non-hydrogen) atoms.